The van der Waals surface area contributed by atoms with Gasteiger partial charge < -0.3 is 15.7 Å². The summed E-state index contributed by atoms with van der Waals surface area (Å²) in [6.07, 6.45) is 4.89. The van der Waals surface area contributed by atoms with Gasteiger partial charge in [0.25, 0.3) is 0 Å². The molecule has 122 valence electrons. The average Bonchev–Trinajstić information content (AvgIpc) is 2.92. The Morgan fingerprint density at radius 3 is 2.59 bits per heavy atom. The molecule has 1 aromatic carbocycles. The van der Waals surface area contributed by atoms with Gasteiger partial charge in [0.1, 0.15) is 0 Å². The van der Waals surface area contributed by atoms with E-state index in [1.165, 1.54) is 19.3 Å². The third-order valence-electron chi connectivity index (χ3n) is 4.46. The molecule has 4 heteroatoms. The molecule has 0 spiro atoms. The third-order valence-corrected chi connectivity index (χ3v) is 4.46. The normalized spacial score (nSPS) is 22.3. The van der Waals surface area contributed by atoms with Gasteiger partial charge >= 0.3 is 0 Å². The number of aliphatic hydroxyl groups excluding tert-OH is 1. The first-order valence-electron chi connectivity index (χ1n) is 8.36. The fraction of sp³-hybridized carbons (Fsp3) is 0.611. The molecule has 0 aromatic heterocycles. The Balaban J connectivity index is 1.82. The second kappa shape index (κ2) is 8.18. The fourth-order valence-electron chi connectivity index (χ4n) is 3.03. The van der Waals surface area contributed by atoms with Crippen LogP contribution in [0.3, 0.4) is 0 Å². The minimum atomic E-state index is -0.141. The lowest BCUT2D eigenvalue weighted by molar-refractivity contribution is -0.121. The van der Waals surface area contributed by atoms with Crippen LogP contribution in [0.25, 0.3) is 0 Å². The molecule has 0 aliphatic heterocycles. The van der Waals surface area contributed by atoms with Crippen LogP contribution < -0.4 is 10.6 Å². The molecule has 1 aromatic rings. The average molecular weight is 304 g/mol. The number of benzene rings is 1. The zero-order valence-electron chi connectivity index (χ0n) is 13.6. The highest BCUT2D eigenvalue weighted by atomic mass is 16.3. The maximum Gasteiger partial charge on any atom is 0.224 e. The molecule has 1 aliphatic rings. The van der Waals surface area contributed by atoms with E-state index < -0.39 is 0 Å². The molecule has 2 rings (SSSR count). The Hall–Kier alpha value is -1.55. The molecule has 22 heavy (non-hydrogen) atoms. The maximum absolute atomic E-state index is 11.9. The van der Waals surface area contributed by atoms with Crippen LogP contribution in [0.5, 0.6) is 0 Å². The zero-order chi connectivity index (χ0) is 15.9. The molecule has 3 N–H and O–H groups in total. The van der Waals surface area contributed by atoms with Crippen molar-refractivity contribution in [2.24, 2.45) is 5.92 Å². The van der Waals surface area contributed by atoms with Crippen molar-refractivity contribution in [1.82, 2.24) is 5.32 Å². The SMILES string of the molecule is CCC(CO)NC(=O)Cc1ccc(NC2CCC(C)C2)cc1. The largest absolute Gasteiger partial charge is 0.394 e. The molecule has 3 atom stereocenters. The van der Waals surface area contributed by atoms with Crippen LogP contribution in [0.2, 0.25) is 0 Å². The molecule has 1 fully saturated rings. The number of hydrogen-bond acceptors (Lipinski definition) is 3. The number of aliphatic hydroxyl groups is 1. The molecule has 1 saturated carbocycles. The molecule has 1 aliphatic carbocycles. The van der Waals surface area contributed by atoms with Gasteiger partial charge in [0.15, 0.2) is 0 Å². The van der Waals surface area contributed by atoms with Crippen molar-refractivity contribution in [2.75, 3.05) is 11.9 Å². The van der Waals surface area contributed by atoms with Gasteiger partial charge in [-0.3, -0.25) is 4.79 Å². The van der Waals surface area contributed by atoms with Crippen molar-refractivity contribution in [3.05, 3.63) is 29.8 Å². The van der Waals surface area contributed by atoms with Crippen LogP contribution in [-0.4, -0.2) is 29.7 Å². The Morgan fingerprint density at radius 1 is 1.32 bits per heavy atom. The summed E-state index contributed by atoms with van der Waals surface area (Å²) in [7, 11) is 0. The number of amides is 1. The van der Waals surface area contributed by atoms with E-state index in [4.69, 9.17) is 5.11 Å². The summed E-state index contributed by atoms with van der Waals surface area (Å²) in [5, 5.41) is 15.5. The smallest absolute Gasteiger partial charge is 0.224 e. The van der Waals surface area contributed by atoms with Gasteiger partial charge in [0.05, 0.1) is 19.1 Å². The lowest BCUT2D eigenvalue weighted by Crippen LogP contribution is -2.37. The van der Waals surface area contributed by atoms with Gasteiger partial charge in [-0.2, -0.15) is 0 Å². The summed E-state index contributed by atoms with van der Waals surface area (Å²) in [5.41, 5.74) is 2.13. The summed E-state index contributed by atoms with van der Waals surface area (Å²) in [6, 6.07) is 8.54. The van der Waals surface area contributed by atoms with E-state index in [2.05, 4.69) is 29.7 Å². The molecular formula is C18H28N2O2. The van der Waals surface area contributed by atoms with Crippen LogP contribution in [-0.2, 0) is 11.2 Å². The van der Waals surface area contributed by atoms with E-state index in [1.807, 2.05) is 19.1 Å². The topological polar surface area (TPSA) is 61.4 Å². The molecule has 3 unspecified atom stereocenters. The summed E-state index contributed by atoms with van der Waals surface area (Å²) >= 11 is 0. The summed E-state index contributed by atoms with van der Waals surface area (Å²) in [5.74, 6) is 0.782. The summed E-state index contributed by atoms with van der Waals surface area (Å²) in [6.45, 7) is 4.25. The van der Waals surface area contributed by atoms with Crippen molar-refractivity contribution in [1.29, 1.82) is 0 Å². The molecular weight excluding hydrogens is 276 g/mol. The van der Waals surface area contributed by atoms with Crippen LogP contribution in [0.15, 0.2) is 24.3 Å². The highest BCUT2D eigenvalue weighted by Crippen LogP contribution is 2.27. The van der Waals surface area contributed by atoms with E-state index in [9.17, 15) is 4.79 Å². The van der Waals surface area contributed by atoms with Crippen LogP contribution in [0.1, 0.15) is 45.1 Å². The Labute approximate surface area is 133 Å². The lowest BCUT2D eigenvalue weighted by atomic mass is 10.1. The number of hydrogen-bond donors (Lipinski definition) is 3. The first-order chi connectivity index (χ1) is 10.6. The van der Waals surface area contributed by atoms with Gasteiger partial charge in [-0.05, 0) is 49.3 Å². The molecule has 0 radical (unpaired) electrons. The molecule has 0 heterocycles. The van der Waals surface area contributed by atoms with Gasteiger partial charge in [-0.1, -0.05) is 26.0 Å². The highest BCUT2D eigenvalue weighted by Gasteiger charge is 2.20. The third kappa shape index (κ3) is 5.02. The van der Waals surface area contributed by atoms with Crippen LogP contribution in [0, 0.1) is 5.92 Å². The quantitative estimate of drug-likeness (QED) is 0.726. The Bertz CT molecular complexity index is 468. The second-order valence-corrected chi connectivity index (χ2v) is 6.49. The number of rotatable bonds is 7. The summed E-state index contributed by atoms with van der Waals surface area (Å²) < 4.78 is 0. The molecule has 0 bridgehead atoms. The van der Waals surface area contributed by atoms with E-state index in [-0.39, 0.29) is 18.6 Å². The first kappa shape index (κ1) is 16.8. The zero-order valence-corrected chi connectivity index (χ0v) is 13.6. The van der Waals surface area contributed by atoms with Gasteiger partial charge in [0, 0.05) is 11.7 Å². The van der Waals surface area contributed by atoms with Crippen molar-refractivity contribution in [3.8, 4) is 0 Å². The minimum absolute atomic E-state index is 0.00902. The van der Waals surface area contributed by atoms with Crippen molar-refractivity contribution in [2.45, 2.75) is 58.0 Å². The van der Waals surface area contributed by atoms with Crippen molar-refractivity contribution < 1.29 is 9.90 Å². The van der Waals surface area contributed by atoms with E-state index in [0.717, 1.165) is 23.6 Å². The van der Waals surface area contributed by atoms with Gasteiger partial charge in [-0.15, -0.1) is 0 Å². The van der Waals surface area contributed by atoms with Crippen molar-refractivity contribution in [3.63, 3.8) is 0 Å². The number of anilines is 1. The number of carbonyl (C=O) groups is 1. The number of carbonyl (C=O) groups excluding carboxylic acids is 1. The van der Waals surface area contributed by atoms with Crippen molar-refractivity contribution >= 4 is 11.6 Å². The molecule has 1 amide bonds. The van der Waals surface area contributed by atoms with Gasteiger partial charge in [-0.25, -0.2) is 0 Å². The Morgan fingerprint density at radius 2 is 2.05 bits per heavy atom. The van der Waals surface area contributed by atoms with Crippen LogP contribution in [0.4, 0.5) is 5.69 Å². The summed E-state index contributed by atoms with van der Waals surface area (Å²) in [4.78, 5) is 11.9. The highest BCUT2D eigenvalue weighted by molar-refractivity contribution is 5.79. The first-order valence-corrected chi connectivity index (χ1v) is 8.36. The predicted octanol–water partition coefficient (Wildman–Crippen LogP) is 2.72. The van der Waals surface area contributed by atoms with Gasteiger partial charge in [0.2, 0.25) is 5.91 Å². The molecule has 0 saturated heterocycles. The van der Waals surface area contributed by atoms with E-state index in [0.29, 0.717) is 12.5 Å². The van der Waals surface area contributed by atoms with E-state index in [1.54, 1.807) is 0 Å². The Kier molecular flexibility index (Phi) is 6.25. The minimum Gasteiger partial charge on any atom is -0.394 e. The lowest BCUT2D eigenvalue weighted by Gasteiger charge is -2.15. The molecule has 4 nitrogen and oxygen atoms in total. The predicted molar refractivity (Wildman–Crippen MR) is 89.9 cm³/mol. The maximum atomic E-state index is 11.9. The standard InChI is InChI=1S/C18H28N2O2/c1-3-15(12-21)20-18(22)11-14-5-8-16(9-6-14)19-17-7-4-13(2)10-17/h5-6,8-9,13,15,17,19,21H,3-4,7,10-12H2,1-2H3,(H,20,22). The van der Waals surface area contributed by atoms with Crippen LogP contribution >= 0.6 is 0 Å². The van der Waals surface area contributed by atoms with E-state index >= 15 is 0 Å². The second-order valence-electron chi connectivity index (χ2n) is 6.49. The fourth-order valence-corrected chi connectivity index (χ4v) is 3.03. The number of nitrogens with one attached hydrogen (secondary N) is 2. The monoisotopic (exact) mass is 304 g/mol.